The van der Waals surface area contributed by atoms with Crippen LogP contribution in [0.2, 0.25) is 0 Å². The Kier molecular flexibility index (Phi) is 2.10. The summed E-state index contributed by atoms with van der Waals surface area (Å²) in [6, 6.07) is 16.5. The number of hydrogen-bond acceptors (Lipinski definition) is 1. The van der Waals surface area contributed by atoms with E-state index >= 15 is 0 Å². The first kappa shape index (κ1) is 10.8. The van der Waals surface area contributed by atoms with Crippen LogP contribution in [-0.2, 0) is 16.6 Å². The summed E-state index contributed by atoms with van der Waals surface area (Å²) in [6.07, 6.45) is 3.05. The highest BCUT2D eigenvalue weighted by Gasteiger charge is 2.49. The molecule has 1 spiro atoms. The molecule has 0 bridgehead atoms. The Morgan fingerprint density at radius 3 is 2.58 bits per heavy atom. The summed E-state index contributed by atoms with van der Waals surface area (Å²) in [5.74, 6) is 0.140. The van der Waals surface area contributed by atoms with Crippen molar-refractivity contribution in [2.75, 3.05) is 5.32 Å². The van der Waals surface area contributed by atoms with Gasteiger partial charge in [0.05, 0.1) is 0 Å². The molecule has 2 aromatic carbocycles. The zero-order valence-electron chi connectivity index (χ0n) is 10.6. The predicted octanol–water partition coefficient (Wildman–Crippen LogP) is 3.26. The zero-order valence-corrected chi connectivity index (χ0v) is 10.6. The van der Waals surface area contributed by atoms with Gasteiger partial charge in [0.1, 0.15) is 5.41 Å². The number of para-hydroxylation sites is 1. The van der Waals surface area contributed by atoms with Gasteiger partial charge >= 0.3 is 0 Å². The molecule has 0 unspecified atom stereocenters. The number of carbonyl (C=O) groups is 1. The van der Waals surface area contributed by atoms with Gasteiger partial charge in [0.2, 0.25) is 5.91 Å². The normalized spacial score (nSPS) is 23.9. The van der Waals surface area contributed by atoms with Crippen LogP contribution in [0.25, 0.3) is 0 Å². The van der Waals surface area contributed by atoms with E-state index in [-0.39, 0.29) is 5.91 Å². The SMILES string of the molecule is O=C1Nc2ccccc2[C@@]12CCCc1ccccc12. The molecule has 2 aromatic rings. The number of carbonyl (C=O) groups excluding carboxylic acids is 1. The molecule has 4 rings (SSSR count). The van der Waals surface area contributed by atoms with E-state index < -0.39 is 5.41 Å². The summed E-state index contributed by atoms with van der Waals surface area (Å²) < 4.78 is 0. The van der Waals surface area contributed by atoms with Gasteiger partial charge in [0, 0.05) is 5.69 Å². The van der Waals surface area contributed by atoms with E-state index in [4.69, 9.17) is 0 Å². The van der Waals surface area contributed by atoms with E-state index in [2.05, 4.69) is 29.6 Å². The third-order valence-corrected chi connectivity index (χ3v) is 4.50. The molecule has 1 atom stereocenters. The van der Waals surface area contributed by atoms with Gasteiger partial charge in [-0.2, -0.15) is 0 Å². The van der Waals surface area contributed by atoms with E-state index in [1.165, 1.54) is 11.1 Å². The summed E-state index contributed by atoms with van der Waals surface area (Å²) in [5, 5.41) is 3.06. The van der Waals surface area contributed by atoms with Crippen LogP contribution in [0.3, 0.4) is 0 Å². The van der Waals surface area contributed by atoms with Crippen LogP contribution in [0, 0.1) is 0 Å². The van der Waals surface area contributed by atoms with Crippen molar-refractivity contribution in [1.82, 2.24) is 0 Å². The minimum Gasteiger partial charge on any atom is -0.325 e. The number of amides is 1. The van der Waals surface area contributed by atoms with Crippen LogP contribution in [0.5, 0.6) is 0 Å². The molecule has 1 heterocycles. The largest absolute Gasteiger partial charge is 0.325 e. The average Bonchev–Trinajstić information content (AvgIpc) is 2.73. The van der Waals surface area contributed by atoms with Crippen molar-refractivity contribution < 1.29 is 4.79 Å². The zero-order chi connectivity index (χ0) is 12.9. The van der Waals surface area contributed by atoms with Gasteiger partial charge in [-0.05, 0) is 42.0 Å². The number of aryl methyl sites for hydroxylation is 1. The smallest absolute Gasteiger partial charge is 0.239 e. The van der Waals surface area contributed by atoms with Gasteiger partial charge in [-0.15, -0.1) is 0 Å². The van der Waals surface area contributed by atoms with E-state index in [0.717, 1.165) is 30.5 Å². The van der Waals surface area contributed by atoms with Crippen LogP contribution in [0.1, 0.15) is 29.5 Å². The lowest BCUT2D eigenvalue weighted by Gasteiger charge is -2.34. The number of fused-ring (bicyclic) bond motifs is 4. The lowest BCUT2D eigenvalue weighted by Crippen LogP contribution is -2.38. The third-order valence-electron chi connectivity index (χ3n) is 4.50. The summed E-state index contributed by atoms with van der Waals surface area (Å²) in [7, 11) is 0. The Bertz CT molecular complexity index is 676. The fourth-order valence-electron chi connectivity index (χ4n) is 3.66. The Hall–Kier alpha value is -2.09. The van der Waals surface area contributed by atoms with Crippen LogP contribution in [-0.4, -0.2) is 5.91 Å². The highest BCUT2D eigenvalue weighted by atomic mass is 16.2. The molecule has 19 heavy (non-hydrogen) atoms. The Labute approximate surface area is 112 Å². The second-order valence-electron chi connectivity index (χ2n) is 5.42. The van der Waals surface area contributed by atoms with E-state index in [9.17, 15) is 4.79 Å². The molecule has 1 aliphatic heterocycles. The molecule has 1 N–H and O–H groups in total. The van der Waals surface area contributed by atoms with Crippen molar-refractivity contribution in [2.24, 2.45) is 0 Å². The fraction of sp³-hybridized carbons (Fsp3) is 0.235. The molecule has 0 saturated carbocycles. The maximum absolute atomic E-state index is 12.7. The van der Waals surface area contributed by atoms with Gasteiger partial charge in [-0.3, -0.25) is 4.79 Å². The quantitative estimate of drug-likeness (QED) is 0.763. The summed E-state index contributed by atoms with van der Waals surface area (Å²) in [6.45, 7) is 0. The topological polar surface area (TPSA) is 29.1 Å². The van der Waals surface area contributed by atoms with Crippen molar-refractivity contribution in [3.05, 3.63) is 65.2 Å². The molecule has 0 saturated heterocycles. The van der Waals surface area contributed by atoms with Gasteiger partial charge in [0.25, 0.3) is 0 Å². The first-order valence-electron chi connectivity index (χ1n) is 6.82. The standard InChI is InChI=1S/C17H15NO/c19-16-17(14-9-3-4-10-15(14)18-16)11-5-7-12-6-1-2-8-13(12)17/h1-4,6,8-10H,5,7,11H2,(H,18,19)/t17-/m0/s1. The van der Waals surface area contributed by atoms with Gasteiger partial charge in [0.15, 0.2) is 0 Å². The molecule has 94 valence electrons. The first-order valence-corrected chi connectivity index (χ1v) is 6.82. The second kappa shape index (κ2) is 3.70. The van der Waals surface area contributed by atoms with Crippen molar-refractivity contribution in [3.8, 4) is 0 Å². The molecular formula is C17H15NO. The molecular weight excluding hydrogens is 234 g/mol. The molecule has 2 nitrogen and oxygen atoms in total. The minimum atomic E-state index is -0.453. The van der Waals surface area contributed by atoms with E-state index in [1.54, 1.807) is 0 Å². The summed E-state index contributed by atoms with van der Waals surface area (Å²) in [4.78, 5) is 12.7. The molecule has 0 fully saturated rings. The highest BCUT2D eigenvalue weighted by Crippen LogP contribution is 2.49. The third kappa shape index (κ3) is 1.29. The Morgan fingerprint density at radius 2 is 1.68 bits per heavy atom. The number of hydrogen-bond donors (Lipinski definition) is 1. The van der Waals surface area contributed by atoms with Crippen molar-refractivity contribution >= 4 is 11.6 Å². The van der Waals surface area contributed by atoms with Crippen LogP contribution >= 0.6 is 0 Å². The maximum Gasteiger partial charge on any atom is 0.239 e. The number of rotatable bonds is 0. The van der Waals surface area contributed by atoms with Crippen molar-refractivity contribution in [2.45, 2.75) is 24.7 Å². The number of anilines is 1. The molecule has 2 aliphatic rings. The maximum atomic E-state index is 12.7. The Morgan fingerprint density at radius 1 is 0.947 bits per heavy atom. The van der Waals surface area contributed by atoms with Gasteiger partial charge in [-0.25, -0.2) is 0 Å². The second-order valence-corrected chi connectivity index (χ2v) is 5.42. The fourth-order valence-corrected chi connectivity index (χ4v) is 3.66. The average molecular weight is 249 g/mol. The van der Waals surface area contributed by atoms with Crippen molar-refractivity contribution in [3.63, 3.8) is 0 Å². The monoisotopic (exact) mass is 249 g/mol. The van der Waals surface area contributed by atoms with E-state index in [1.807, 2.05) is 24.3 Å². The summed E-state index contributed by atoms with van der Waals surface area (Å²) in [5.41, 5.74) is 4.19. The summed E-state index contributed by atoms with van der Waals surface area (Å²) >= 11 is 0. The van der Waals surface area contributed by atoms with Crippen LogP contribution in [0.15, 0.2) is 48.5 Å². The molecule has 1 amide bonds. The molecule has 0 aromatic heterocycles. The predicted molar refractivity (Wildman–Crippen MR) is 75.2 cm³/mol. The van der Waals surface area contributed by atoms with E-state index in [0.29, 0.717) is 0 Å². The molecule has 0 radical (unpaired) electrons. The molecule has 1 aliphatic carbocycles. The molecule has 2 heteroatoms. The number of nitrogens with one attached hydrogen (secondary N) is 1. The van der Waals surface area contributed by atoms with Crippen LogP contribution < -0.4 is 5.32 Å². The van der Waals surface area contributed by atoms with Gasteiger partial charge < -0.3 is 5.32 Å². The minimum absolute atomic E-state index is 0.140. The van der Waals surface area contributed by atoms with Gasteiger partial charge in [-0.1, -0.05) is 42.5 Å². The van der Waals surface area contributed by atoms with Crippen LogP contribution in [0.4, 0.5) is 5.69 Å². The lowest BCUT2D eigenvalue weighted by molar-refractivity contribution is -0.119. The number of benzene rings is 2. The first-order chi connectivity index (χ1) is 9.32. The highest BCUT2D eigenvalue weighted by molar-refractivity contribution is 6.09. The van der Waals surface area contributed by atoms with Crippen molar-refractivity contribution in [1.29, 1.82) is 0 Å². The lowest BCUT2D eigenvalue weighted by atomic mass is 9.66. The Balaban J connectivity index is 2.04.